The van der Waals surface area contributed by atoms with Gasteiger partial charge in [0.05, 0.1) is 16.3 Å². The summed E-state index contributed by atoms with van der Waals surface area (Å²) in [6.45, 7) is 3.97. The molecule has 6 rings (SSSR count). The number of carbonyl (C=O) groups excluding carboxylic acids is 3. The Kier molecular flexibility index (Phi) is 9.00. The second-order valence-corrected chi connectivity index (χ2v) is 12.6. The largest absolute Gasteiger partial charge is 0.478 e. The van der Waals surface area contributed by atoms with E-state index in [1.807, 2.05) is 19.9 Å². The molecule has 1 aliphatic heterocycles. The molecule has 0 saturated heterocycles. The van der Waals surface area contributed by atoms with E-state index in [1.54, 1.807) is 36.4 Å². The number of tetrazole rings is 1. The molecule has 3 amide bonds. The summed E-state index contributed by atoms with van der Waals surface area (Å²) in [6.07, 6.45) is 3.70. The fourth-order valence-corrected chi connectivity index (χ4v) is 6.37. The SMILES string of the molecule is CC1(C)CN(C(=O)C=Cc2c(-n3cnnn3)ccc(Cl)c2F)C(C(=O)Nc2ccc(C(=O)O)cc2)c2cccc(-c3ccc(C(N)=O)cc3)c21. The number of halogens is 2. The quantitative estimate of drug-likeness (QED) is 0.180. The molecular formula is C36H29ClFN7O5. The number of aromatic carboxylic acids is 1. The van der Waals surface area contributed by atoms with Crippen molar-refractivity contribution in [3.8, 4) is 16.8 Å². The number of nitrogens with two attached hydrogens (primary N) is 1. The fourth-order valence-electron chi connectivity index (χ4n) is 6.20. The van der Waals surface area contributed by atoms with Gasteiger partial charge < -0.3 is 21.1 Å². The monoisotopic (exact) mass is 693 g/mol. The second-order valence-electron chi connectivity index (χ2n) is 12.2. The van der Waals surface area contributed by atoms with Crippen LogP contribution in [-0.4, -0.2) is 60.4 Å². The highest BCUT2D eigenvalue weighted by molar-refractivity contribution is 6.31. The highest BCUT2D eigenvalue weighted by Gasteiger charge is 2.44. The highest BCUT2D eigenvalue weighted by atomic mass is 35.5. The Hall–Kier alpha value is -6.21. The number of hydrogen-bond acceptors (Lipinski definition) is 7. The van der Waals surface area contributed by atoms with Gasteiger partial charge in [-0.05, 0) is 87.3 Å². The van der Waals surface area contributed by atoms with Crippen molar-refractivity contribution in [2.24, 2.45) is 5.73 Å². The van der Waals surface area contributed by atoms with Crippen molar-refractivity contribution in [1.29, 1.82) is 0 Å². The van der Waals surface area contributed by atoms with Gasteiger partial charge in [-0.15, -0.1) is 5.10 Å². The van der Waals surface area contributed by atoms with Gasteiger partial charge in [-0.2, -0.15) is 4.68 Å². The Morgan fingerprint density at radius 3 is 2.34 bits per heavy atom. The summed E-state index contributed by atoms with van der Waals surface area (Å²) in [4.78, 5) is 52.9. The number of nitrogens with one attached hydrogen (secondary N) is 1. The van der Waals surface area contributed by atoms with Crippen molar-refractivity contribution in [3.05, 3.63) is 130 Å². The van der Waals surface area contributed by atoms with E-state index < -0.39 is 41.0 Å². The molecule has 2 heterocycles. The molecule has 0 radical (unpaired) electrons. The summed E-state index contributed by atoms with van der Waals surface area (Å²) in [7, 11) is 0. The lowest BCUT2D eigenvalue weighted by molar-refractivity contribution is -0.136. The van der Waals surface area contributed by atoms with Crippen LogP contribution < -0.4 is 11.1 Å². The zero-order chi connectivity index (χ0) is 35.7. The molecule has 0 bridgehead atoms. The molecule has 4 aromatic carbocycles. The number of carboxylic acids is 1. The summed E-state index contributed by atoms with van der Waals surface area (Å²) in [6, 6.07) is 19.6. The minimum atomic E-state index is -1.16. The molecule has 14 heteroatoms. The molecule has 0 saturated carbocycles. The predicted octanol–water partition coefficient (Wildman–Crippen LogP) is 5.43. The number of carbonyl (C=O) groups is 4. The lowest BCUT2D eigenvalue weighted by Crippen LogP contribution is -2.51. The molecule has 1 aliphatic rings. The van der Waals surface area contributed by atoms with Gasteiger partial charge in [0.25, 0.3) is 5.91 Å². The fraction of sp³-hybridized carbons (Fsp3) is 0.139. The second kappa shape index (κ2) is 13.4. The van der Waals surface area contributed by atoms with Crippen molar-refractivity contribution < 1.29 is 28.7 Å². The highest BCUT2D eigenvalue weighted by Crippen LogP contribution is 2.45. The Balaban J connectivity index is 1.44. The van der Waals surface area contributed by atoms with Crippen molar-refractivity contribution in [2.45, 2.75) is 25.3 Å². The first kappa shape index (κ1) is 33.7. The summed E-state index contributed by atoms with van der Waals surface area (Å²) >= 11 is 6.09. The zero-order valence-electron chi connectivity index (χ0n) is 26.7. The molecule has 5 aromatic rings. The van der Waals surface area contributed by atoms with E-state index in [2.05, 4.69) is 20.8 Å². The lowest BCUT2D eigenvalue weighted by atomic mass is 9.72. The average Bonchev–Trinajstić information content (AvgIpc) is 3.63. The van der Waals surface area contributed by atoms with Crippen molar-refractivity contribution in [2.75, 3.05) is 11.9 Å². The molecule has 50 heavy (non-hydrogen) atoms. The first-order chi connectivity index (χ1) is 23.9. The number of aromatic nitrogens is 4. The number of anilines is 1. The summed E-state index contributed by atoms with van der Waals surface area (Å²) in [5.41, 5.74) is 8.55. The Morgan fingerprint density at radius 1 is 1.00 bits per heavy atom. The maximum Gasteiger partial charge on any atom is 0.335 e. The number of rotatable bonds is 8. The molecule has 1 aromatic heterocycles. The van der Waals surface area contributed by atoms with Crippen LogP contribution in [0.1, 0.15) is 57.3 Å². The topological polar surface area (TPSA) is 173 Å². The molecule has 12 nitrogen and oxygen atoms in total. The molecule has 1 atom stereocenters. The first-order valence-corrected chi connectivity index (χ1v) is 15.6. The van der Waals surface area contributed by atoms with E-state index in [1.165, 1.54) is 58.4 Å². The van der Waals surface area contributed by atoms with E-state index in [0.717, 1.165) is 22.8 Å². The van der Waals surface area contributed by atoms with Gasteiger partial charge in [-0.3, -0.25) is 14.4 Å². The maximum absolute atomic E-state index is 15.4. The smallest absolute Gasteiger partial charge is 0.335 e. The summed E-state index contributed by atoms with van der Waals surface area (Å²) < 4.78 is 16.6. The standard InChI is InChI=1S/C36H29ClFN7O5/c1-36(2)18-44(29(46)17-14-25-28(45-19-40-42-43-45)16-15-27(37)31(25)38)32(34(48)41-23-12-10-22(11-13-23)35(49)50)26-5-3-4-24(30(26)36)20-6-8-21(9-7-20)33(39)47/h3-17,19,32H,18H2,1-2H3,(H2,39,47)(H,41,48)(H,49,50). The Labute approximate surface area is 290 Å². The lowest BCUT2D eigenvalue weighted by Gasteiger charge is -2.45. The number of carboxylic acid groups (broad SMARTS) is 1. The van der Waals surface area contributed by atoms with Gasteiger partial charge in [-0.25, -0.2) is 9.18 Å². The molecule has 0 spiro atoms. The van der Waals surface area contributed by atoms with Crippen LogP contribution in [0.5, 0.6) is 0 Å². The number of nitrogens with zero attached hydrogens (tertiary/aromatic N) is 5. The summed E-state index contributed by atoms with van der Waals surface area (Å²) in [5.74, 6) is -3.63. The van der Waals surface area contributed by atoms with Crippen LogP contribution in [0.15, 0.2) is 91.3 Å². The van der Waals surface area contributed by atoms with Crippen molar-refractivity contribution in [3.63, 3.8) is 0 Å². The van der Waals surface area contributed by atoms with Crippen LogP contribution in [0.25, 0.3) is 22.9 Å². The molecule has 252 valence electrons. The van der Waals surface area contributed by atoms with E-state index in [0.29, 0.717) is 16.8 Å². The van der Waals surface area contributed by atoms with E-state index in [4.69, 9.17) is 17.3 Å². The van der Waals surface area contributed by atoms with Crippen LogP contribution in [0.4, 0.5) is 10.1 Å². The average molecular weight is 694 g/mol. The number of benzene rings is 4. The van der Waals surface area contributed by atoms with Gasteiger partial charge in [0.15, 0.2) is 5.82 Å². The van der Waals surface area contributed by atoms with Gasteiger partial charge in [0, 0.05) is 34.9 Å². The number of hydrogen-bond donors (Lipinski definition) is 3. The normalized spacial score (nSPS) is 15.0. The Bertz CT molecular complexity index is 2170. The van der Waals surface area contributed by atoms with Crippen LogP contribution in [0.2, 0.25) is 5.02 Å². The summed E-state index contributed by atoms with van der Waals surface area (Å²) in [5, 5.41) is 23.0. The van der Waals surface area contributed by atoms with Gasteiger partial charge >= 0.3 is 5.97 Å². The van der Waals surface area contributed by atoms with E-state index in [9.17, 15) is 24.3 Å². The van der Waals surface area contributed by atoms with E-state index in [-0.39, 0.29) is 28.4 Å². The maximum atomic E-state index is 15.4. The van der Waals surface area contributed by atoms with Crippen molar-refractivity contribution >= 4 is 47.1 Å². The molecular weight excluding hydrogens is 665 g/mol. The van der Waals surface area contributed by atoms with Crippen LogP contribution in [0, 0.1) is 5.82 Å². The van der Waals surface area contributed by atoms with E-state index >= 15 is 4.39 Å². The van der Waals surface area contributed by atoms with Crippen LogP contribution in [-0.2, 0) is 15.0 Å². The van der Waals surface area contributed by atoms with Gasteiger partial charge in [0.2, 0.25) is 11.8 Å². The number of fused-ring (bicyclic) bond motifs is 1. The van der Waals surface area contributed by atoms with Gasteiger partial charge in [-0.1, -0.05) is 55.8 Å². The van der Waals surface area contributed by atoms with Gasteiger partial charge in [0.1, 0.15) is 12.4 Å². The molecule has 1 unspecified atom stereocenters. The molecule has 0 aliphatic carbocycles. The third-order valence-corrected chi connectivity index (χ3v) is 8.75. The molecule has 0 fully saturated rings. The zero-order valence-corrected chi connectivity index (χ0v) is 27.4. The number of amides is 3. The number of primary amides is 1. The van der Waals surface area contributed by atoms with Crippen LogP contribution in [0.3, 0.4) is 0 Å². The molecule has 4 N–H and O–H groups in total. The third kappa shape index (κ3) is 6.45. The minimum Gasteiger partial charge on any atom is -0.478 e. The third-order valence-electron chi connectivity index (χ3n) is 8.45. The minimum absolute atomic E-state index is 0.0380. The predicted molar refractivity (Wildman–Crippen MR) is 183 cm³/mol. The van der Waals surface area contributed by atoms with Crippen LogP contribution >= 0.6 is 11.6 Å². The van der Waals surface area contributed by atoms with Crippen molar-refractivity contribution in [1.82, 2.24) is 25.1 Å². The Morgan fingerprint density at radius 2 is 1.70 bits per heavy atom. The first-order valence-electron chi connectivity index (χ1n) is 15.2.